The number of nitro groups is 1. The molecule has 1 heterocycles. The van der Waals surface area contributed by atoms with Gasteiger partial charge in [0.15, 0.2) is 0 Å². The van der Waals surface area contributed by atoms with Gasteiger partial charge in [-0.2, -0.15) is 0 Å². The number of rotatable bonds is 6. The van der Waals surface area contributed by atoms with E-state index in [1.165, 1.54) is 6.07 Å². The van der Waals surface area contributed by atoms with Crippen molar-refractivity contribution < 1.29 is 4.92 Å². The van der Waals surface area contributed by atoms with Crippen LogP contribution in [0.2, 0.25) is 0 Å². The van der Waals surface area contributed by atoms with Crippen LogP contribution in [0.4, 0.5) is 5.69 Å². The molecule has 3 aromatic rings. The third-order valence-corrected chi connectivity index (χ3v) is 4.71. The number of hydrogen-bond donors (Lipinski definition) is 0. The number of fused-ring (bicyclic) bond motifs is 2. The van der Waals surface area contributed by atoms with Crippen LogP contribution in [0.5, 0.6) is 0 Å². The zero-order valence-corrected chi connectivity index (χ0v) is 14.4. The van der Waals surface area contributed by atoms with Crippen molar-refractivity contribution in [3.63, 3.8) is 0 Å². The van der Waals surface area contributed by atoms with Gasteiger partial charge < -0.3 is 9.47 Å². The average Bonchev–Trinajstić information content (AvgIpc) is 2.64. The first kappa shape index (κ1) is 17.1. The lowest BCUT2D eigenvalue weighted by Crippen LogP contribution is -2.27. The fourth-order valence-electron chi connectivity index (χ4n) is 3.33. The van der Waals surface area contributed by atoms with Crippen LogP contribution in [0.3, 0.4) is 0 Å². The summed E-state index contributed by atoms with van der Waals surface area (Å²) in [4.78, 5) is 26.1. The van der Waals surface area contributed by atoms with Gasteiger partial charge in [-0.05, 0) is 31.3 Å². The summed E-state index contributed by atoms with van der Waals surface area (Å²) >= 11 is 0. The van der Waals surface area contributed by atoms with Crippen LogP contribution in [0, 0.1) is 10.1 Å². The molecule has 0 N–H and O–H groups in total. The quantitative estimate of drug-likeness (QED) is 0.392. The number of para-hydroxylation sites is 1. The van der Waals surface area contributed by atoms with E-state index in [9.17, 15) is 14.9 Å². The van der Waals surface area contributed by atoms with Crippen LogP contribution in [0.1, 0.15) is 13.8 Å². The minimum absolute atomic E-state index is 0.134. The van der Waals surface area contributed by atoms with Crippen LogP contribution >= 0.6 is 0 Å². The minimum Gasteiger partial charge on any atom is -0.339 e. The second-order valence-electron chi connectivity index (χ2n) is 5.95. The monoisotopic (exact) mass is 339 g/mol. The van der Waals surface area contributed by atoms with Gasteiger partial charge >= 0.3 is 0 Å². The zero-order chi connectivity index (χ0) is 18.0. The van der Waals surface area contributed by atoms with Crippen molar-refractivity contribution in [3.05, 3.63) is 62.8 Å². The number of nitro benzene ring substituents is 1. The van der Waals surface area contributed by atoms with Gasteiger partial charge in [-0.15, -0.1) is 0 Å². The van der Waals surface area contributed by atoms with Crippen molar-refractivity contribution >= 4 is 27.5 Å². The van der Waals surface area contributed by atoms with Crippen LogP contribution in [-0.4, -0.2) is 34.0 Å². The molecule has 25 heavy (non-hydrogen) atoms. The summed E-state index contributed by atoms with van der Waals surface area (Å²) in [5, 5.41) is 12.1. The number of hydrogen-bond acceptors (Lipinski definition) is 4. The average molecular weight is 339 g/mol. The number of likely N-dealkylation sites (N-methyl/N-ethyl adjacent to an activating group) is 1. The molecule has 0 unspecified atom stereocenters. The van der Waals surface area contributed by atoms with E-state index in [4.69, 9.17) is 0 Å². The van der Waals surface area contributed by atoms with Crippen molar-refractivity contribution in [1.82, 2.24) is 9.47 Å². The lowest BCUT2D eigenvalue weighted by molar-refractivity contribution is -0.383. The summed E-state index contributed by atoms with van der Waals surface area (Å²) in [6, 6.07) is 12.1. The lowest BCUT2D eigenvalue weighted by atomic mass is 10.1. The molecule has 0 aliphatic carbocycles. The highest BCUT2D eigenvalue weighted by Crippen LogP contribution is 2.26. The summed E-state index contributed by atoms with van der Waals surface area (Å²) < 4.78 is 2.03. The van der Waals surface area contributed by atoms with Gasteiger partial charge in [-0.25, -0.2) is 0 Å². The van der Waals surface area contributed by atoms with Crippen molar-refractivity contribution in [2.24, 2.45) is 0 Å². The van der Waals surface area contributed by atoms with Gasteiger partial charge in [0, 0.05) is 24.5 Å². The summed E-state index contributed by atoms with van der Waals surface area (Å²) in [5.74, 6) is 0. The van der Waals surface area contributed by atoms with E-state index in [1.54, 1.807) is 24.3 Å². The largest absolute Gasteiger partial charge is 0.339 e. The first-order valence-corrected chi connectivity index (χ1v) is 8.49. The van der Waals surface area contributed by atoms with Gasteiger partial charge in [-0.3, -0.25) is 14.9 Å². The molecule has 6 heteroatoms. The maximum atomic E-state index is 12.9. The number of benzene rings is 2. The molecule has 0 aliphatic rings. The topological polar surface area (TPSA) is 68.4 Å². The van der Waals surface area contributed by atoms with Gasteiger partial charge in [0.1, 0.15) is 5.39 Å². The molecule has 1 aromatic heterocycles. The normalized spacial score (nSPS) is 11.5. The Kier molecular flexibility index (Phi) is 4.81. The Bertz CT molecular complexity index is 990. The second kappa shape index (κ2) is 7.03. The van der Waals surface area contributed by atoms with Gasteiger partial charge in [0.2, 0.25) is 5.43 Å². The molecule has 0 fully saturated rings. The molecule has 130 valence electrons. The Labute approximate surface area is 145 Å². The lowest BCUT2D eigenvalue weighted by Gasteiger charge is -2.21. The van der Waals surface area contributed by atoms with Gasteiger partial charge in [-0.1, -0.05) is 32.0 Å². The third-order valence-electron chi connectivity index (χ3n) is 4.71. The predicted octanol–water partition coefficient (Wildman–Crippen LogP) is 3.40. The molecular weight excluding hydrogens is 318 g/mol. The van der Waals surface area contributed by atoms with E-state index in [0.717, 1.165) is 25.2 Å². The maximum Gasteiger partial charge on any atom is 0.282 e. The van der Waals surface area contributed by atoms with E-state index in [2.05, 4.69) is 18.7 Å². The molecule has 0 bridgehead atoms. The number of nitrogens with zero attached hydrogens (tertiary/aromatic N) is 3. The molecule has 6 nitrogen and oxygen atoms in total. The molecule has 0 spiro atoms. The second-order valence-corrected chi connectivity index (χ2v) is 5.95. The Hall–Kier alpha value is -2.73. The van der Waals surface area contributed by atoms with E-state index < -0.39 is 4.92 Å². The summed E-state index contributed by atoms with van der Waals surface area (Å²) in [6.07, 6.45) is 0. The summed E-state index contributed by atoms with van der Waals surface area (Å²) in [6.45, 7) is 7.57. The predicted molar refractivity (Wildman–Crippen MR) is 100 cm³/mol. The molecule has 2 aromatic carbocycles. The van der Waals surface area contributed by atoms with Crippen molar-refractivity contribution in [2.45, 2.75) is 20.4 Å². The van der Waals surface area contributed by atoms with Crippen LogP contribution < -0.4 is 5.43 Å². The van der Waals surface area contributed by atoms with E-state index in [0.29, 0.717) is 17.4 Å². The summed E-state index contributed by atoms with van der Waals surface area (Å²) in [7, 11) is 0. The smallest absolute Gasteiger partial charge is 0.282 e. The fraction of sp³-hybridized carbons (Fsp3) is 0.316. The first-order chi connectivity index (χ1) is 12.1. The standard InChI is InChI=1S/C19H21N3O3/c1-3-20(4-2)12-13-21-15-9-6-5-8-14(15)19(23)18-16(21)10-7-11-17(18)22(24)25/h5-11H,3-4,12-13H2,1-2H3. The van der Waals surface area contributed by atoms with Crippen molar-refractivity contribution in [3.8, 4) is 0 Å². The highest BCUT2D eigenvalue weighted by Gasteiger charge is 2.19. The molecule has 3 rings (SSSR count). The Morgan fingerprint density at radius 2 is 1.72 bits per heavy atom. The number of aromatic nitrogens is 1. The zero-order valence-electron chi connectivity index (χ0n) is 14.4. The number of pyridine rings is 1. The molecule has 0 amide bonds. The summed E-state index contributed by atoms with van der Waals surface area (Å²) in [5.41, 5.74) is 1.01. The van der Waals surface area contributed by atoms with Gasteiger partial charge in [0.05, 0.1) is 16.0 Å². The maximum absolute atomic E-state index is 12.9. The molecule has 0 radical (unpaired) electrons. The van der Waals surface area contributed by atoms with E-state index in [1.807, 2.05) is 16.7 Å². The molecule has 0 saturated carbocycles. The van der Waals surface area contributed by atoms with Crippen molar-refractivity contribution in [1.29, 1.82) is 0 Å². The highest BCUT2D eigenvalue weighted by molar-refractivity contribution is 5.98. The minimum atomic E-state index is -0.479. The van der Waals surface area contributed by atoms with E-state index >= 15 is 0 Å². The van der Waals surface area contributed by atoms with Crippen molar-refractivity contribution in [2.75, 3.05) is 19.6 Å². The third kappa shape index (κ3) is 3.00. The van der Waals surface area contributed by atoms with Crippen LogP contribution in [0.25, 0.3) is 21.8 Å². The SMILES string of the molecule is CCN(CC)CCn1c2ccccc2c(=O)c2c([N+](=O)[O-])cccc21. The number of non-ortho nitro benzene ring substituents is 1. The molecule has 0 saturated heterocycles. The Morgan fingerprint density at radius 1 is 1.04 bits per heavy atom. The Balaban J connectivity index is 2.32. The molecule has 0 atom stereocenters. The van der Waals surface area contributed by atoms with E-state index in [-0.39, 0.29) is 16.5 Å². The molecular formula is C19H21N3O3. The Morgan fingerprint density at radius 3 is 2.40 bits per heavy atom. The first-order valence-electron chi connectivity index (χ1n) is 8.49. The van der Waals surface area contributed by atoms with Gasteiger partial charge in [0.25, 0.3) is 5.69 Å². The molecule has 0 aliphatic heterocycles. The highest BCUT2D eigenvalue weighted by atomic mass is 16.6. The fourth-order valence-corrected chi connectivity index (χ4v) is 3.33. The van der Waals surface area contributed by atoms with Crippen LogP contribution in [0.15, 0.2) is 47.3 Å². The van der Waals surface area contributed by atoms with Crippen LogP contribution in [-0.2, 0) is 6.54 Å².